The second-order valence-electron chi connectivity index (χ2n) is 11.1. The van der Waals surface area contributed by atoms with E-state index in [0.29, 0.717) is 29.8 Å². The van der Waals surface area contributed by atoms with Crippen molar-refractivity contribution in [1.29, 1.82) is 5.26 Å². The number of nitrogens with two attached hydrogens (primary N) is 1. The summed E-state index contributed by atoms with van der Waals surface area (Å²) in [4.78, 5) is 2.80. The van der Waals surface area contributed by atoms with Crippen molar-refractivity contribution >= 4 is 51.8 Å². The molecular weight excluding hydrogens is 719 g/mol. The maximum Gasteiger partial charge on any atom is 0.578 e. The van der Waals surface area contributed by atoms with Crippen LogP contribution in [0.2, 0.25) is 15.1 Å². The van der Waals surface area contributed by atoms with E-state index in [9.17, 15) is 36.0 Å². The summed E-state index contributed by atoms with van der Waals surface area (Å²) >= 11 is 13.7. The molecule has 0 aliphatic carbocycles. The van der Waals surface area contributed by atoms with Gasteiger partial charge in [0.1, 0.15) is 35.6 Å². The van der Waals surface area contributed by atoms with Gasteiger partial charge in [0, 0.05) is 5.02 Å². The molecule has 4 rings (SSSR count). The number of halogens is 9. The fraction of sp³-hybridized carbons (Fsp3) is 0.357. The summed E-state index contributed by atoms with van der Waals surface area (Å²) in [7, 11) is 0. The van der Waals surface area contributed by atoms with E-state index in [1.807, 2.05) is 45.0 Å². The number of alkyl halides is 6. The minimum atomic E-state index is -5.25. The molecule has 0 aliphatic heterocycles. The van der Waals surface area contributed by atoms with E-state index >= 15 is 0 Å². The van der Waals surface area contributed by atoms with Gasteiger partial charge in [-0.3, -0.25) is 4.68 Å². The number of nitrogens with zero attached hydrogens (tertiary/aromatic N) is 6. The summed E-state index contributed by atoms with van der Waals surface area (Å²) in [6.07, 6.45) is -0.221. The average molecular weight is 745 g/mol. The highest BCUT2D eigenvalue weighted by atomic mass is 35.5. The molecule has 2 unspecified atom stereocenters. The highest BCUT2D eigenvalue weighted by Crippen LogP contribution is 2.41. The molecule has 0 aliphatic rings. The Morgan fingerprint density at radius 1 is 1.02 bits per heavy atom. The second kappa shape index (κ2) is 14.5. The van der Waals surface area contributed by atoms with E-state index in [2.05, 4.69) is 15.2 Å². The topological polar surface area (TPSA) is 142 Å². The Labute approximate surface area is 283 Å². The van der Waals surface area contributed by atoms with Gasteiger partial charge in [-0.25, -0.2) is 9.67 Å². The first kappa shape index (κ1) is 38.2. The van der Waals surface area contributed by atoms with E-state index < -0.39 is 66.2 Å². The van der Waals surface area contributed by atoms with Gasteiger partial charge in [0.15, 0.2) is 5.82 Å². The maximum absolute atomic E-state index is 12.7. The summed E-state index contributed by atoms with van der Waals surface area (Å²) in [5.74, 6) is -0.902. The highest BCUT2D eigenvalue weighted by molar-refractivity contribution is 7.92. The zero-order valence-corrected chi connectivity index (χ0v) is 27.8. The SMILES string of the molecule is CC(C)(C)C(O)(CCc1ccc(Cl)cc1)Cn1cncn1.N#Cc1nn(-c2c(Cl)cc(C(F)(F)F)cc2Cl)c(N)c1[S+]([O-])C(F)(F)F. The van der Waals surface area contributed by atoms with Crippen molar-refractivity contribution in [1.82, 2.24) is 24.5 Å². The molecule has 2 heterocycles. The number of anilines is 1. The maximum atomic E-state index is 12.7. The number of hydrogen-bond acceptors (Lipinski definition) is 7. The van der Waals surface area contributed by atoms with Crippen LogP contribution in [0.25, 0.3) is 5.69 Å². The average Bonchev–Trinajstić information content (AvgIpc) is 3.58. The van der Waals surface area contributed by atoms with E-state index in [4.69, 9.17) is 45.8 Å². The molecule has 3 N–H and O–H groups in total. The Morgan fingerprint density at radius 2 is 1.60 bits per heavy atom. The Balaban J connectivity index is 0.000000261. The summed E-state index contributed by atoms with van der Waals surface area (Å²) in [5.41, 5.74) is -2.37. The van der Waals surface area contributed by atoms with Gasteiger partial charge in [-0.1, -0.05) is 67.7 Å². The molecule has 19 heteroatoms. The third-order valence-electron chi connectivity index (χ3n) is 6.96. The number of nitriles is 1. The van der Waals surface area contributed by atoms with Gasteiger partial charge in [-0.15, -0.1) is 18.3 Å². The van der Waals surface area contributed by atoms with Crippen LogP contribution >= 0.6 is 34.8 Å². The van der Waals surface area contributed by atoms with E-state index in [1.165, 1.54) is 18.0 Å². The van der Waals surface area contributed by atoms with Crippen molar-refractivity contribution in [3.05, 3.63) is 80.9 Å². The molecule has 0 spiro atoms. The predicted octanol–water partition coefficient (Wildman–Crippen LogP) is 7.62. The molecule has 2 atom stereocenters. The van der Waals surface area contributed by atoms with Gasteiger partial charge in [0.25, 0.3) is 0 Å². The molecular formula is C28H26Cl3F6N7O2S. The molecule has 47 heavy (non-hydrogen) atoms. The Morgan fingerprint density at radius 3 is 2.04 bits per heavy atom. The van der Waals surface area contributed by atoms with Crippen LogP contribution < -0.4 is 5.73 Å². The third-order valence-corrected chi connectivity index (χ3v) is 8.98. The number of nitrogen functional groups attached to an aromatic ring is 1. The van der Waals surface area contributed by atoms with Crippen LogP contribution in [0, 0.1) is 16.7 Å². The Hall–Kier alpha value is -3.20. The highest BCUT2D eigenvalue weighted by Gasteiger charge is 2.50. The molecule has 254 valence electrons. The van der Waals surface area contributed by atoms with Gasteiger partial charge >= 0.3 is 11.7 Å². The number of benzene rings is 2. The quantitative estimate of drug-likeness (QED) is 0.147. The first-order valence-corrected chi connectivity index (χ1v) is 15.5. The third kappa shape index (κ3) is 9.24. The van der Waals surface area contributed by atoms with Gasteiger partial charge in [0.2, 0.25) is 10.6 Å². The smallest absolute Gasteiger partial charge is 0.578 e. The molecule has 0 amide bonds. The Bertz CT molecular complexity index is 1700. The minimum absolute atomic E-state index is 0.259. The summed E-state index contributed by atoms with van der Waals surface area (Å²) < 4.78 is 90.0. The molecule has 0 saturated heterocycles. The predicted molar refractivity (Wildman–Crippen MR) is 164 cm³/mol. The van der Waals surface area contributed by atoms with Crippen molar-refractivity contribution in [3.63, 3.8) is 0 Å². The molecule has 2 aromatic heterocycles. The van der Waals surface area contributed by atoms with Crippen molar-refractivity contribution < 1.29 is 36.0 Å². The fourth-order valence-corrected chi connectivity index (χ4v) is 5.71. The van der Waals surface area contributed by atoms with Crippen molar-refractivity contribution in [2.45, 2.75) is 62.3 Å². The first-order valence-electron chi connectivity index (χ1n) is 13.2. The van der Waals surface area contributed by atoms with Crippen molar-refractivity contribution in [2.75, 3.05) is 5.73 Å². The van der Waals surface area contributed by atoms with Crippen LogP contribution in [0.3, 0.4) is 0 Å². The largest absolute Gasteiger partial charge is 0.604 e. The van der Waals surface area contributed by atoms with E-state index in [0.717, 1.165) is 11.4 Å². The van der Waals surface area contributed by atoms with Crippen LogP contribution in [0.4, 0.5) is 32.2 Å². The zero-order valence-electron chi connectivity index (χ0n) is 24.7. The normalized spacial score (nSPS) is 14.1. The molecule has 2 aromatic carbocycles. The summed E-state index contributed by atoms with van der Waals surface area (Å²) in [6.45, 7) is 6.58. The number of aryl methyl sites for hydroxylation is 1. The molecule has 9 nitrogen and oxygen atoms in total. The monoisotopic (exact) mass is 743 g/mol. The standard InChI is InChI=1S/C16H22ClN3O.C12H4Cl2F6N4OS/c1-15(2,3)16(21,10-20-12-18-11-19-20)9-8-13-4-6-14(17)7-5-13;13-5-1-4(11(15,16)17)2-6(14)8(5)24-10(22)9(7(3-21)23-24)26(25)12(18,19)20/h4-7,11-12,21H,8-10H2,1-3H3;1-2H,22H2. The number of hydrogen-bond donors (Lipinski definition) is 2. The number of rotatable bonds is 7. The van der Waals surface area contributed by atoms with Crippen LogP contribution in [0.1, 0.15) is 44.0 Å². The summed E-state index contributed by atoms with van der Waals surface area (Å²) in [6, 6.07) is 9.95. The van der Waals surface area contributed by atoms with Gasteiger partial charge < -0.3 is 15.4 Å². The lowest BCUT2D eigenvalue weighted by Crippen LogP contribution is -2.47. The molecule has 0 saturated carbocycles. The second-order valence-corrected chi connectivity index (χ2v) is 13.7. The van der Waals surface area contributed by atoms with E-state index in [-0.39, 0.29) is 5.41 Å². The molecule has 0 fully saturated rings. The van der Waals surface area contributed by atoms with Crippen molar-refractivity contribution in [3.8, 4) is 11.8 Å². The molecule has 0 radical (unpaired) electrons. The van der Waals surface area contributed by atoms with Crippen molar-refractivity contribution in [2.24, 2.45) is 5.41 Å². The van der Waals surface area contributed by atoms with Gasteiger partial charge in [0.05, 0.1) is 27.8 Å². The minimum Gasteiger partial charge on any atom is -0.604 e. The first-order chi connectivity index (χ1) is 21.6. The summed E-state index contributed by atoms with van der Waals surface area (Å²) in [5, 5.41) is 27.0. The van der Waals surface area contributed by atoms with Crippen LogP contribution in [0.5, 0.6) is 0 Å². The Kier molecular flexibility index (Phi) is 11.8. The molecule has 0 bridgehead atoms. The van der Waals surface area contributed by atoms with Gasteiger partial charge in [-0.05, 0) is 48.1 Å². The van der Waals surface area contributed by atoms with Crippen LogP contribution in [-0.4, -0.2) is 45.3 Å². The lowest BCUT2D eigenvalue weighted by molar-refractivity contribution is -0.137. The lowest BCUT2D eigenvalue weighted by atomic mass is 9.73. The van der Waals surface area contributed by atoms with Crippen LogP contribution in [0.15, 0.2) is 53.9 Å². The lowest BCUT2D eigenvalue weighted by Gasteiger charge is -2.40. The zero-order chi connectivity index (χ0) is 35.5. The van der Waals surface area contributed by atoms with Gasteiger partial charge in [-0.2, -0.15) is 23.5 Å². The fourth-order valence-electron chi connectivity index (χ4n) is 4.17. The number of aliphatic hydroxyl groups is 1. The number of aromatic nitrogens is 5. The van der Waals surface area contributed by atoms with Crippen LogP contribution in [-0.2, 0) is 30.3 Å². The van der Waals surface area contributed by atoms with E-state index in [1.54, 1.807) is 11.0 Å². The molecule has 4 aromatic rings.